The van der Waals surface area contributed by atoms with E-state index in [0.717, 1.165) is 22.0 Å². The van der Waals surface area contributed by atoms with Crippen molar-refractivity contribution in [1.82, 2.24) is 4.98 Å². The van der Waals surface area contributed by atoms with Crippen molar-refractivity contribution in [3.63, 3.8) is 0 Å². The number of hydrogen-bond donors (Lipinski definition) is 1. The summed E-state index contributed by atoms with van der Waals surface area (Å²) in [5.41, 5.74) is 3.67. The molecular formula is C17H13Cl2NO. The van der Waals surface area contributed by atoms with Gasteiger partial charge in [0, 0.05) is 29.1 Å². The topological polar surface area (TPSA) is 32.9 Å². The molecule has 0 aliphatic carbocycles. The molecule has 0 aliphatic heterocycles. The summed E-state index contributed by atoms with van der Waals surface area (Å²) in [6, 6.07) is 11.3. The lowest BCUT2D eigenvalue weighted by Gasteiger charge is -2.03. The van der Waals surface area contributed by atoms with Gasteiger partial charge >= 0.3 is 0 Å². The first kappa shape index (κ1) is 14.2. The molecule has 0 bridgehead atoms. The number of halogens is 2. The summed E-state index contributed by atoms with van der Waals surface area (Å²) in [6.45, 7) is 2.01. The van der Waals surface area contributed by atoms with Crippen LogP contribution in [0.2, 0.25) is 10.0 Å². The fraction of sp³-hybridized carbons (Fsp3) is 0.118. The summed E-state index contributed by atoms with van der Waals surface area (Å²) < 4.78 is 0. The molecule has 0 amide bonds. The highest BCUT2D eigenvalue weighted by atomic mass is 35.5. The molecule has 0 spiro atoms. The predicted octanol–water partition coefficient (Wildman–Crippen LogP) is 5.21. The van der Waals surface area contributed by atoms with Gasteiger partial charge in [0.25, 0.3) is 0 Å². The Morgan fingerprint density at radius 2 is 1.90 bits per heavy atom. The average molecular weight is 318 g/mol. The summed E-state index contributed by atoms with van der Waals surface area (Å²) in [6.07, 6.45) is 2.07. The molecule has 0 atom stereocenters. The lowest BCUT2D eigenvalue weighted by atomic mass is 10.0. The highest BCUT2D eigenvalue weighted by Crippen LogP contribution is 2.25. The van der Waals surface area contributed by atoms with E-state index >= 15 is 0 Å². The van der Waals surface area contributed by atoms with Crippen LogP contribution in [0.5, 0.6) is 0 Å². The molecule has 106 valence electrons. The van der Waals surface area contributed by atoms with Crippen molar-refractivity contribution < 1.29 is 4.79 Å². The minimum Gasteiger partial charge on any atom is -0.360 e. The first-order valence-corrected chi connectivity index (χ1v) is 7.35. The van der Waals surface area contributed by atoms with Crippen LogP contribution in [0.3, 0.4) is 0 Å². The van der Waals surface area contributed by atoms with Gasteiger partial charge in [-0.25, -0.2) is 0 Å². The number of carbonyl (C=O) groups excluding carboxylic acids is 1. The lowest BCUT2D eigenvalue weighted by molar-refractivity contribution is 0.0994. The van der Waals surface area contributed by atoms with Crippen LogP contribution in [0.15, 0.2) is 42.6 Å². The van der Waals surface area contributed by atoms with Crippen LogP contribution in [-0.4, -0.2) is 10.8 Å². The maximum atomic E-state index is 12.5. The van der Waals surface area contributed by atoms with Crippen molar-refractivity contribution in [3.8, 4) is 0 Å². The Kier molecular flexibility index (Phi) is 3.75. The number of aromatic amines is 1. The van der Waals surface area contributed by atoms with Gasteiger partial charge in [0.05, 0.1) is 10.0 Å². The Morgan fingerprint density at radius 1 is 1.10 bits per heavy atom. The number of H-pyrrole nitrogens is 1. The number of rotatable bonds is 3. The summed E-state index contributed by atoms with van der Waals surface area (Å²) >= 11 is 11.9. The number of fused-ring (bicyclic) bond motifs is 1. The number of hydrogen-bond acceptors (Lipinski definition) is 1. The van der Waals surface area contributed by atoms with E-state index in [-0.39, 0.29) is 5.78 Å². The van der Waals surface area contributed by atoms with Crippen LogP contribution in [0.1, 0.15) is 21.5 Å². The van der Waals surface area contributed by atoms with Gasteiger partial charge in [-0.05, 0) is 36.8 Å². The van der Waals surface area contributed by atoms with Crippen molar-refractivity contribution in [3.05, 3.63) is 69.3 Å². The molecule has 1 aromatic heterocycles. The molecule has 2 nitrogen and oxygen atoms in total. The first-order valence-electron chi connectivity index (χ1n) is 6.59. The fourth-order valence-electron chi connectivity index (χ4n) is 2.40. The zero-order chi connectivity index (χ0) is 15.0. The van der Waals surface area contributed by atoms with E-state index in [1.165, 1.54) is 0 Å². The molecule has 1 N–H and O–H groups in total. The maximum Gasteiger partial charge on any atom is 0.169 e. The quantitative estimate of drug-likeness (QED) is 0.661. The summed E-state index contributed by atoms with van der Waals surface area (Å²) in [7, 11) is 0. The molecule has 2 aromatic carbocycles. The number of aromatic nitrogens is 1. The molecule has 1 heterocycles. The SMILES string of the molecule is Cc1ccc2[nH]cc(C(=O)Cc3ccc(Cl)c(Cl)c3)c2c1. The van der Waals surface area contributed by atoms with Crippen molar-refractivity contribution >= 4 is 39.9 Å². The molecule has 0 radical (unpaired) electrons. The third-order valence-electron chi connectivity index (χ3n) is 3.49. The van der Waals surface area contributed by atoms with Gasteiger partial charge in [-0.3, -0.25) is 4.79 Å². The molecule has 0 fully saturated rings. The minimum absolute atomic E-state index is 0.0604. The second-order valence-corrected chi connectivity index (χ2v) is 5.91. The van der Waals surface area contributed by atoms with Gasteiger partial charge in [-0.2, -0.15) is 0 Å². The second kappa shape index (κ2) is 5.55. The van der Waals surface area contributed by atoms with E-state index in [1.54, 1.807) is 18.3 Å². The number of Topliss-reactive ketones (excluding diaryl/α,β-unsaturated/α-hetero) is 1. The van der Waals surface area contributed by atoms with E-state index in [2.05, 4.69) is 4.98 Å². The van der Waals surface area contributed by atoms with Crippen molar-refractivity contribution in [2.75, 3.05) is 0 Å². The molecule has 4 heteroatoms. The minimum atomic E-state index is 0.0604. The van der Waals surface area contributed by atoms with Crippen LogP contribution >= 0.6 is 23.2 Å². The molecule has 0 unspecified atom stereocenters. The van der Waals surface area contributed by atoms with Gasteiger partial charge in [-0.1, -0.05) is 40.9 Å². The lowest BCUT2D eigenvalue weighted by Crippen LogP contribution is -2.02. The normalized spacial score (nSPS) is 11.0. The fourth-order valence-corrected chi connectivity index (χ4v) is 2.72. The number of benzene rings is 2. The maximum absolute atomic E-state index is 12.5. The van der Waals surface area contributed by atoms with E-state index in [1.807, 2.05) is 31.2 Å². The van der Waals surface area contributed by atoms with E-state index in [0.29, 0.717) is 22.0 Å². The Bertz CT molecular complexity index is 836. The molecule has 3 rings (SSSR count). The van der Waals surface area contributed by atoms with Gasteiger partial charge in [0.1, 0.15) is 0 Å². The third-order valence-corrected chi connectivity index (χ3v) is 4.23. The largest absolute Gasteiger partial charge is 0.360 e. The van der Waals surface area contributed by atoms with Crippen LogP contribution in [-0.2, 0) is 6.42 Å². The Hall–Kier alpha value is -1.77. The molecule has 0 saturated heterocycles. The van der Waals surface area contributed by atoms with E-state index < -0.39 is 0 Å². The van der Waals surface area contributed by atoms with Crippen molar-refractivity contribution in [1.29, 1.82) is 0 Å². The molecule has 0 aliphatic rings. The standard InChI is InChI=1S/C17H13Cl2NO/c1-10-2-5-16-12(6-10)13(9-20-16)17(21)8-11-3-4-14(18)15(19)7-11/h2-7,9,20H,8H2,1H3. The summed E-state index contributed by atoms with van der Waals surface area (Å²) in [5, 5.41) is 1.92. The summed E-state index contributed by atoms with van der Waals surface area (Å²) in [5.74, 6) is 0.0604. The number of aryl methyl sites for hydroxylation is 1. The smallest absolute Gasteiger partial charge is 0.169 e. The number of carbonyl (C=O) groups is 1. The second-order valence-electron chi connectivity index (χ2n) is 5.10. The first-order chi connectivity index (χ1) is 10.0. The predicted molar refractivity (Wildman–Crippen MR) is 87.5 cm³/mol. The van der Waals surface area contributed by atoms with Gasteiger partial charge < -0.3 is 4.98 Å². The van der Waals surface area contributed by atoms with Crippen molar-refractivity contribution in [2.45, 2.75) is 13.3 Å². The van der Waals surface area contributed by atoms with Gasteiger partial charge in [0.15, 0.2) is 5.78 Å². The highest BCUT2D eigenvalue weighted by Gasteiger charge is 2.13. The number of nitrogens with one attached hydrogen (secondary N) is 1. The van der Waals surface area contributed by atoms with E-state index in [4.69, 9.17) is 23.2 Å². The van der Waals surface area contributed by atoms with Crippen LogP contribution in [0.4, 0.5) is 0 Å². The monoisotopic (exact) mass is 317 g/mol. The average Bonchev–Trinajstić information content (AvgIpc) is 2.86. The molecule has 3 aromatic rings. The zero-order valence-electron chi connectivity index (χ0n) is 11.4. The zero-order valence-corrected chi connectivity index (χ0v) is 12.9. The Labute approximate surface area is 132 Å². The molecular weight excluding hydrogens is 305 g/mol. The van der Waals surface area contributed by atoms with Crippen LogP contribution in [0, 0.1) is 6.92 Å². The van der Waals surface area contributed by atoms with Gasteiger partial charge in [0.2, 0.25) is 0 Å². The van der Waals surface area contributed by atoms with E-state index in [9.17, 15) is 4.79 Å². The third kappa shape index (κ3) is 2.82. The van der Waals surface area contributed by atoms with Crippen molar-refractivity contribution in [2.24, 2.45) is 0 Å². The highest BCUT2D eigenvalue weighted by molar-refractivity contribution is 6.42. The Balaban J connectivity index is 1.93. The van der Waals surface area contributed by atoms with Crippen LogP contribution in [0.25, 0.3) is 10.9 Å². The van der Waals surface area contributed by atoms with Gasteiger partial charge in [-0.15, -0.1) is 0 Å². The number of ketones is 1. The van der Waals surface area contributed by atoms with Crippen LogP contribution < -0.4 is 0 Å². The Morgan fingerprint density at radius 3 is 2.67 bits per heavy atom. The summed E-state index contributed by atoms with van der Waals surface area (Å²) in [4.78, 5) is 15.6. The molecule has 0 saturated carbocycles. The molecule has 21 heavy (non-hydrogen) atoms.